The monoisotopic (exact) mass is 640 g/mol. The largest absolute Gasteiger partial charge is 0.252 e. The lowest BCUT2D eigenvalue weighted by atomic mass is 9.92. The highest BCUT2D eigenvalue weighted by atomic mass is 32.1. The second-order valence-electron chi connectivity index (χ2n) is 12.5. The van der Waals surface area contributed by atoms with E-state index in [0.717, 1.165) is 44.2 Å². The van der Waals surface area contributed by atoms with Gasteiger partial charge in [0.1, 0.15) is 0 Å². The summed E-state index contributed by atoms with van der Waals surface area (Å²) in [6.07, 6.45) is 1.95. The third-order valence-corrected chi connectivity index (χ3v) is 11.0. The molecule has 2 aromatic heterocycles. The van der Waals surface area contributed by atoms with Crippen molar-refractivity contribution < 1.29 is 0 Å². The Kier molecular flexibility index (Phi) is 6.39. The maximum atomic E-state index is 5.38. The van der Waals surface area contributed by atoms with E-state index < -0.39 is 0 Å². The first-order valence-corrected chi connectivity index (χ1v) is 17.4. The normalized spacial score (nSPS) is 11.7. The molecular formula is C46H28N2S. The van der Waals surface area contributed by atoms with Gasteiger partial charge in [0.05, 0.1) is 22.9 Å². The van der Waals surface area contributed by atoms with Gasteiger partial charge in [-0.25, -0.2) is 4.98 Å². The summed E-state index contributed by atoms with van der Waals surface area (Å²) in [7, 11) is 0. The highest BCUT2D eigenvalue weighted by Gasteiger charge is 2.19. The molecule has 3 heteroatoms. The molecule has 0 bridgehead atoms. The van der Waals surface area contributed by atoms with Crippen molar-refractivity contribution >= 4 is 64.1 Å². The summed E-state index contributed by atoms with van der Waals surface area (Å²) in [6.45, 7) is 0. The third-order valence-electron chi connectivity index (χ3n) is 9.71. The predicted molar refractivity (Wildman–Crippen MR) is 209 cm³/mol. The Morgan fingerprint density at radius 1 is 0.347 bits per heavy atom. The van der Waals surface area contributed by atoms with Gasteiger partial charge in [0.15, 0.2) is 0 Å². The van der Waals surface area contributed by atoms with Crippen LogP contribution in [-0.4, -0.2) is 9.97 Å². The Morgan fingerprint density at radius 2 is 0.878 bits per heavy atom. The third kappa shape index (κ3) is 4.47. The molecule has 228 valence electrons. The predicted octanol–water partition coefficient (Wildman–Crippen LogP) is 13.0. The Hall–Kier alpha value is -6.16. The zero-order valence-electron chi connectivity index (χ0n) is 26.5. The molecule has 2 nitrogen and oxygen atoms in total. The van der Waals surface area contributed by atoms with Gasteiger partial charge in [0.2, 0.25) is 0 Å². The summed E-state index contributed by atoms with van der Waals surface area (Å²) in [5.41, 5.74) is 11.1. The van der Waals surface area contributed by atoms with Crippen LogP contribution in [0.3, 0.4) is 0 Å². The van der Waals surface area contributed by atoms with Crippen LogP contribution >= 0.6 is 11.3 Å². The van der Waals surface area contributed by atoms with Gasteiger partial charge in [-0.05, 0) is 50.7 Å². The minimum atomic E-state index is 0.867. The lowest BCUT2D eigenvalue weighted by Crippen LogP contribution is -1.94. The standard InChI is InChI=1S/C46H28N2S/c1-3-14-29(15-4-1)33-24-13-25-39-41-27-31(26-40(46(41)49-45(33)39)30-16-5-2-6-17-30)32-18-7-10-21-36(32)42-28-47-43-37-22-11-8-19-34(37)35-20-9-12-23-38(35)44(43)48-42/h1-28H. The van der Waals surface area contributed by atoms with E-state index in [1.165, 1.54) is 53.2 Å². The summed E-state index contributed by atoms with van der Waals surface area (Å²) in [6, 6.07) is 58.7. The molecule has 49 heavy (non-hydrogen) atoms. The number of aromatic nitrogens is 2. The molecule has 2 heterocycles. The molecule has 0 saturated heterocycles. The fraction of sp³-hybridized carbons (Fsp3) is 0. The van der Waals surface area contributed by atoms with Crippen molar-refractivity contribution in [3.63, 3.8) is 0 Å². The summed E-state index contributed by atoms with van der Waals surface area (Å²) in [4.78, 5) is 10.5. The van der Waals surface area contributed by atoms with Crippen molar-refractivity contribution in [3.8, 4) is 44.6 Å². The molecule has 0 aliphatic carbocycles. The first kappa shape index (κ1) is 27.9. The van der Waals surface area contributed by atoms with E-state index >= 15 is 0 Å². The van der Waals surface area contributed by atoms with Gasteiger partial charge in [0, 0.05) is 42.1 Å². The SMILES string of the molecule is c1ccc(-c2cccc3c2sc2c(-c4ccccc4)cc(-c4ccccc4-c4cnc5c6ccccc6c6ccccc6c5n4)cc23)cc1. The van der Waals surface area contributed by atoms with Crippen LogP contribution in [0.1, 0.15) is 0 Å². The first-order chi connectivity index (χ1) is 24.3. The number of hydrogen-bond acceptors (Lipinski definition) is 3. The van der Waals surface area contributed by atoms with Crippen LogP contribution in [0.2, 0.25) is 0 Å². The number of benzene rings is 8. The maximum absolute atomic E-state index is 5.38. The van der Waals surface area contributed by atoms with Gasteiger partial charge in [-0.3, -0.25) is 4.98 Å². The molecule has 0 fully saturated rings. The van der Waals surface area contributed by atoms with Crippen molar-refractivity contribution in [3.05, 3.63) is 170 Å². The number of nitrogens with zero attached hydrogens (tertiary/aromatic N) is 2. The Balaban J connectivity index is 1.23. The molecule has 0 unspecified atom stereocenters. The van der Waals surface area contributed by atoms with Crippen molar-refractivity contribution in [1.82, 2.24) is 9.97 Å². The quantitative estimate of drug-likeness (QED) is 0.179. The van der Waals surface area contributed by atoms with Gasteiger partial charge in [-0.1, -0.05) is 152 Å². The van der Waals surface area contributed by atoms with Crippen LogP contribution in [-0.2, 0) is 0 Å². The average molecular weight is 641 g/mol. The number of fused-ring (bicyclic) bond motifs is 9. The molecule has 0 saturated carbocycles. The van der Waals surface area contributed by atoms with Crippen LogP contribution in [0, 0.1) is 0 Å². The summed E-state index contributed by atoms with van der Waals surface area (Å²) >= 11 is 1.89. The molecule has 0 atom stereocenters. The lowest BCUT2D eigenvalue weighted by molar-refractivity contribution is 1.31. The van der Waals surface area contributed by atoms with Gasteiger partial charge in [0.25, 0.3) is 0 Å². The van der Waals surface area contributed by atoms with Gasteiger partial charge in [-0.2, -0.15) is 0 Å². The van der Waals surface area contributed by atoms with Crippen molar-refractivity contribution in [2.24, 2.45) is 0 Å². The number of thiophene rings is 1. The van der Waals surface area contributed by atoms with Crippen LogP contribution in [0.4, 0.5) is 0 Å². The summed E-state index contributed by atoms with van der Waals surface area (Å²) in [5.74, 6) is 0. The van der Waals surface area contributed by atoms with Crippen molar-refractivity contribution in [2.75, 3.05) is 0 Å². The molecule has 8 aromatic carbocycles. The Bertz CT molecular complexity index is 2840. The zero-order chi connectivity index (χ0) is 32.3. The molecular weight excluding hydrogens is 613 g/mol. The fourth-order valence-corrected chi connectivity index (χ4v) is 8.80. The van der Waals surface area contributed by atoms with Crippen LogP contribution in [0.25, 0.3) is 97.4 Å². The molecule has 0 radical (unpaired) electrons. The minimum Gasteiger partial charge on any atom is -0.252 e. The van der Waals surface area contributed by atoms with Crippen LogP contribution in [0.15, 0.2) is 170 Å². The molecule has 0 aliphatic heterocycles. The highest BCUT2D eigenvalue weighted by Crippen LogP contribution is 2.46. The molecule has 0 N–H and O–H groups in total. The first-order valence-electron chi connectivity index (χ1n) is 16.6. The minimum absolute atomic E-state index is 0.867. The van der Waals surface area contributed by atoms with Crippen molar-refractivity contribution in [2.45, 2.75) is 0 Å². The van der Waals surface area contributed by atoms with E-state index in [-0.39, 0.29) is 0 Å². The van der Waals surface area contributed by atoms with E-state index in [1.807, 2.05) is 17.5 Å². The Labute approximate surface area is 287 Å². The van der Waals surface area contributed by atoms with Gasteiger partial charge in [-0.15, -0.1) is 11.3 Å². The van der Waals surface area contributed by atoms with E-state index in [4.69, 9.17) is 9.97 Å². The molecule has 10 rings (SSSR count). The Morgan fingerprint density at radius 3 is 1.59 bits per heavy atom. The van der Waals surface area contributed by atoms with Crippen molar-refractivity contribution in [1.29, 1.82) is 0 Å². The molecule has 0 aliphatic rings. The van der Waals surface area contributed by atoms with Gasteiger partial charge < -0.3 is 0 Å². The molecule has 0 amide bonds. The zero-order valence-corrected chi connectivity index (χ0v) is 27.3. The smallest absolute Gasteiger partial charge is 0.0979 e. The molecule has 10 aromatic rings. The topological polar surface area (TPSA) is 25.8 Å². The van der Waals surface area contributed by atoms with Crippen LogP contribution < -0.4 is 0 Å². The van der Waals surface area contributed by atoms with E-state index in [9.17, 15) is 0 Å². The lowest BCUT2D eigenvalue weighted by Gasteiger charge is -2.14. The van der Waals surface area contributed by atoms with E-state index in [1.54, 1.807) is 0 Å². The molecule has 0 spiro atoms. The second kappa shape index (κ2) is 11.2. The van der Waals surface area contributed by atoms with E-state index in [0.29, 0.717) is 0 Å². The second-order valence-corrected chi connectivity index (χ2v) is 13.5. The van der Waals surface area contributed by atoms with Gasteiger partial charge >= 0.3 is 0 Å². The summed E-state index contributed by atoms with van der Waals surface area (Å²) < 4.78 is 2.61. The average Bonchev–Trinajstić information content (AvgIpc) is 3.57. The maximum Gasteiger partial charge on any atom is 0.0979 e. The van der Waals surface area contributed by atoms with E-state index in [2.05, 4.69) is 164 Å². The summed E-state index contributed by atoms with van der Waals surface area (Å²) in [5, 5.41) is 7.19. The number of rotatable bonds is 4. The van der Waals surface area contributed by atoms with Crippen LogP contribution in [0.5, 0.6) is 0 Å². The fourth-order valence-electron chi connectivity index (χ4n) is 7.44. The highest BCUT2D eigenvalue weighted by molar-refractivity contribution is 7.26. The number of hydrogen-bond donors (Lipinski definition) is 0.